The number of sulfonamides is 1. The lowest BCUT2D eigenvalue weighted by atomic mass is 10.1. The van der Waals surface area contributed by atoms with Crippen molar-refractivity contribution >= 4 is 27.5 Å². The molecule has 0 aliphatic rings. The Balaban J connectivity index is 3.19. The van der Waals surface area contributed by atoms with Gasteiger partial charge in [-0.25, -0.2) is 17.9 Å². The van der Waals surface area contributed by atoms with Gasteiger partial charge >= 0.3 is 0 Å². The van der Waals surface area contributed by atoms with Gasteiger partial charge in [0, 0.05) is 6.54 Å². The second-order valence-corrected chi connectivity index (χ2v) is 6.35. The molecule has 8 heteroatoms. The maximum atomic E-state index is 13.6. The van der Waals surface area contributed by atoms with Crippen molar-refractivity contribution in [3.8, 4) is 0 Å². The van der Waals surface area contributed by atoms with E-state index < -0.39 is 32.2 Å². The molecule has 5 nitrogen and oxygen atoms in total. The first-order valence-electron chi connectivity index (χ1n) is 5.43. The van der Waals surface area contributed by atoms with Gasteiger partial charge in [0.2, 0.25) is 10.0 Å². The van der Waals surface area contributed by atoms with E-state index in [2.05, 4.69) is 5.32 Å². The Hall–Kier alpha value is -1.18. The molecule has 0 unspecified atom stereocenters. The fraction of sp³-hybridized carbons (Fsp3) is 0.364. The van der Waals surface area contributed by atoms with Gasteiger partial charge in [-0.05, 0) is 18.1 Å². The second-order valence-electron chi connectivity index (χ2n) is 4.41. The number of nitrogens with two attached hydrogens (primary N) is 1. The van der Waals surface area contributed by atoms with Gasteiger partial charge in [0.1, 0.15) is 10.7 Å². The third kappa shape index (κ3) is 4.15. The molecule has 0 aromatic heterocycles. The Kier molecular flexibility index (Phi) is 4.89. The molecule has 0 heterocycles. The largest absolute Gasteiger partial charge is 0.352 e. The predicted molar refractivity (Wildman–Crippen MR) is 70.0 cm³/mol. The molecule has 1 aromatic rings. The molecule has 0 atom stereocenters. The average molecular weight is 309 g/mol. The highest BCUT2D eigenvalue weighted by Gasteiger charge is 2.20. The molecule has 19 heavy (non-hydrogen) atoms. The molecular formula is C11H14ClFN2O3S. The Morgan fingerprint density at radius 2 is 2.05 bits per heavy atom. The van der Waals surface area contributed by atoms with Gasteiger partial charge in [0.25, 0.3) is 5.91 Å². The van der Waals surface area contributed by atoms with Gasteiger partial charge in [-0.15, -0.1) is 0 Å². The number of nitrogens with one attached hydrogen (secondary N) is 1. The summed E-state index contributed by atoms with van der Waals surface area (Å²) in [5, 5.41) is 7.05. The number of hydrogen-bond acceptors (Lipinski definition) is 3. The van der Waals surface area contributed by atoms with E-state index in [1.54, 1.807) is 0 Å². The summed E-state index contributed by atoms with van der Waals surface area (Å²) < 4.78 is 36.1. The van der Waals surface area contributed by atoms with Crippen LogP contribution < -0.4 is 10.5 Å². The highest BCUT2D eigenvalue weighted by molar-refractivity contribution is 7.89. The van der Waals surface area contributed by atoms with E-state index in [4.69, 9.17) is 16.7 Å². The number of amides is 1. The summed E-state index contributed by atoms with van der Waals surface area (Å²) >= 11 is 5.59. The summed E-state index contributed by atoms with van der Waals surface area (Å²) in [7, 11) is -4.12. The van der Waals surface area contributed by atoms with Gasteiger partial charge in [-0.3, -0.25) is 4.79 Å². The van der Waals surface area contributed by atoms with Gasteiger partial charge < -0.3 is 5.32 Å². The Labute approximate surface area is 116 Å². The molecule has 0 saturated heterocycles. The van der Waals surface area contributed by atoms with Crippen molar-refractivity contribution in [2.24, 2.45) is 11.1 Å². The summed E-state index contributed by atoms with van der Waals surface area (Å²) in [4.78, 5) is 11.2. The molecule has 0 aliphatic heterocycles. The zero-order chi connectivity index (χ0) is 14.8. The maximum absolute atomic E-state index is 13.6. The molecule has 1 aromatic carbocycles. The summed E-state index contributed by atoms with van der Waals surface area (Å²) in [6.07, 6.45) is 0. The highest BCUT2D eigenvalue weighted by Crippen LogP contribution is 2.24. The van der Waals surface area contributed by atoms with Crippen LogP contribution >= 0.6 is 11.6 Å². The van der Waals surface area contributed by atoms with E-state index in [0.29, 0.717) is 6.54 Å². The molecule has 0 aliphatic carbocycles. The second kappa shape index (κ2) is 5.85. The molecule has 0 radical (unpaired) electrons. The SMILES string of the molecule is CC(C)CNC(=O)c1cc(S(N)(=O)=O)c(Cl)cc1F. The molecule has 0 saturated carbocycles. The van der Waals surface area contributed by atoms with E-state index in [0.717, 1.165) is 12.1 Å². The number of hydrogen-bond donors (Lipinski definition) is 2. The van der Waals surface area contributed by atoms with Crippen LogP contribution in [0.4, 0.5) is 4.39 Å². The van der Waals surface area contributed by atoms with Crippen molar-refractivity contribution < 1.29 is 17.6 Å². The molecule has 0 fully saturated rings. The van der Waals surface area contributed by atoms with Gasteiger partial charge in [0.15, 0.2) is 0 Å². The summed E-state index contributed by atoms with van der Waals surface area (Å²) in [5.41, 5.74) is -0.408. The normalized spacial score (nSPS) is 11.7. The number of primary sulfonamides is 1. The third-order valence-corrected chi connectivity index (χ3v) is 3.62. The number of halogens is 2. The topological polar surface area (TPSA) is 89.3 Å². The number of carbonyl (C=O) groups is 1. The summed E-state index contributed by atoms with van der Waals surface area (Å²) in [6.45, 7) is 4.08. The smallest absolute Gasteiger partial charge is 0.254 e. The monoisotopic (exact) mass is 308 g/mol. The van der Waals surface area contributed by atoms with Crippen LogP contribution in [0.2, 0.25) is 5.02 Å². The lowest BCUT2D eigenvalue weighted by Crippen LogP contribution is -2.28. The lowest BCUT2D eigenvalue weighted by molar-refractivity contribution is 0.0944. The molecule has 106 valence electrons. The van der Waals surface area contributed by atoms with E-state index >= 15 is 0 Å². The van der Waals surface area contributed by atoms with Crippen molar-refractivity contribution in [1.82, 2.24) is 5.32 Å². The first kappa shape index (κ1) is 15.9. The van der Waals surface area contributed by atoms with Crippen LogP contribution in [0.1, 0.15) is 24.2 Å². The van der Waals surface area contributed by atoms with Crippen molar-refractivity contribution in [3.63, 3.8) is 0 Å². The zero-order valence-electron chi connectivity index (χ0n) is 10.4. The average Bonchev–Trinajstić information content (AvgIpc) is 2.24. The maximum Gasteiger partial charge on any atom is 0.254 e. The number of rotatable bonds is 4. The lowest BCUT2D eigenvalue weighted by Gasteiger charge is -2.10. The quantitative estimate of drug-likeness (QED) is 0.883. The molecule has 0 spiro atoms. The fourth-order valence-electron chi connectivity index (χ4n) is 1.31. The molecule has 1 amide bonds. The van der Waals surface area contributed by atoms with Crippen LogP contribution in [-0.4, -0.2) is 20.9 Å². The van der Waals surface area contributed by atoms with Crippen LogP contribution in [0.5, 0.6) is 0 Å². The summed E-state index contributed by atoms with van der Waals surface area (Å²) in [6, 6.07) is 1.59. The van der Waals surface area contributed by atoms with Crippen molar-refractivity contribution in [2.45, 2.75) is 18.7 Å². The predicted octanol–water partition coefficient (Wildman–Crippen LogP) is 1.51. The number of carbonyl (C=O) groups excluding carboxylic acids is 1. The molecular weight excluding hydrogens is 295 g/mol. The van der Waals surface area contributed by atoms with Gasteiger partial charge in [-0.1, -0.05) is 25.4 Å². The Morgan fingerprint density at radius 1 is 1.47 bits per heavy atom. The van der Waals surface area contributed by atoms with Gasteiger partial charge in [0.05, 0.1) is 10.6 Å². The zero-order valence-corrected chi connectivity index (χ0v) is 12.0. The van der Waals surface area contributed by atoms with Crippen LogP contribution in [0.15, 0.2) is 17.0 Å². The van der Waals surface area contributed by atoms with E-state index in [9.17, 15) is 17.6 Å². The van der Waals surface area contributed by atoms with E-state index in [1.165, 1.54) is 0 Å². The summed E-state index contributed by atoms with van der Waals surface area (Å²) in [5.74, 6) is -1.44. The van der Waals surface area contributed by atoms with Gasteiger partial charge in [-0.2, -0.15) is 0 Å². The molecule has 1 rings (SSSR count). The minimum absolute atomic E-state index is 0.178. The van der Waals surface area contributed by atoms with Crippen LogP contribution in [0, 0.1) is 11.7 Å². The molecule has 0 bridgehead atoms. The van der Waals surface area contributed by atoms with E-state index in [1.807, 2.05) is 13.8 Å². The fourth-order valence-corrected chi connectivity index (χ4v) is 2.40. The minimum atomic E-state index is -4.12. The van der Waals surface area contributed by atoms with Crippen LogP contribution in [0.3, 0.4) is 0 Å². The highest BCUT2D eigenvalue weighted by atomic mass is 35.5. The van der Waals surface area contributed by atoms with Crippen molar-refractivity contribution in [1.29, 1.82) is 0 Å². The first-order valence-corrected chi connectivity index (χ1v) is 7.35. The van der Waals surface area contributed by atoms with Crippen molar-refractivity contribution in [2.75, 3.05) is 6.54 Å². The molecule has 3 N–H and O–H groups in total. The van der Waals surface area contributed by atoms with Crippen LogP contribution in [0.25, 0.3) is 0 Å². The Bertz CT molecular complexity index is 602. The Morgan fingerprint density at radius 3 is 2.53 bits per heavy atom. The first-order chi connectivity index (χ1) is 8.62. The number of benzene rings is 1. The third-order valence-electron chi connectivity index (χ3n) is 2.24. The van der Waals surface area contributed by atoms with Crippen LogP contribution in [-0.2, 0) is 10.0 Å². The minimum Gasteiger partial charge on any atom is -0.352 e. The van der Waals surface area contributed by atoms with Crippen molar-refractivity contribution in [3.05, 3.63) is 28.5 Å². The standard InChI is InChI=1S/C11H14ClFN2O3S/c1-6(2)5-15-11(16)7-3-10(19(14,17)18)8(12)4-9(7)13/h3-4,6H,5H2,1-2H3,(H,15,16)(H2,14,17,18). The van der Waals surface area contributed by atoms with E-state index in [-0.39, 0.29) is 10.9 Å².